The van der Waals surface area contributed by atoms with Crippen LogP contribution in [0.3, 0.4) is 0 Å². The van der Waals surface area contributed by atoms with Gasteiger partial charge in [-0.3, -0.25) is 14.5 Å². The number of alkyl carbamates (subject to hydrolysis) is 1. The summed E-state index contributed by atoms with van der Waals surface area (Å²) in [6, 6.07) is 10.5. The smallest absolute Gasteiger partial charge is 0.408 e. The Hall–Kier alpha value is -5.97. The van der Waals surface area contributed by atoms with Crippen LogP contribution < -0.4 is 35.6 Å². The van der Waals surface area contributed by atoms with Crippen molar-refractivity contribution in [3.05, 3.63) is 88.5 Å². The fourth-order valence-electron chi connectivity index (χ4n) is 6.16. The number of hydrogen-bond acceptors (Lipinski definition) is 10. The Labute approximate surface area is 316 Å². The number of carbonyl (C=O) groups is 3. The third-order valence-corrected chi connectivity index (χ3v) is 8.83. The predicted octanol–water partition coefficient (Wildman–Crippen LogP) is 4.55. The maximum Gasteiger partial charge on any atom is 0.408 e. The minimum Gasteiger partial charge on any atom is -0.497 e. The number of nitrogens with one attached hydrogen (secondary N) is 2. The van der Waals surface area contributed by atoms with Crippen molar-refractivity contribution in [2.75, 3.05) is 55.6 Å². The molecule has 1 aliphatic rings. The zero-order valence-corrected chi connectivity index (χ0v) is 31.6. The number of ether oxygens (including phenoxy) is 3. The van der Waals surface area contributed by atoms with E-state index in [1.165, 1.54) is 66.0 Å². The lowest BCUT2D eigenvalue weighted by Crippen LogP contribution is -2.61. The summed E-state index contributed by atoms with van der Waals surface area (Å²) in [5.41, 5.74) is -0.808. The number of aromatic nitrogens is 2. The van der Waals surface area contributed by atoms with Crippen LogP contribution >= 0.6 is 0 Å². The van der Waals surface area contributed by atoms with Gasteiger partial charge in [0.15, 0.2) is 5.82 Å². The zero-order chi connectivity index (χ0) is 40.2. The molecule has 1 saturated heterocycles. The first-order valence-corrected chi connectivity index (χ1v) is 17.5. The maximum atomic E-state index is 14.6. The highest BCUT2D eigenvalue weighted by molar-refractivity contribution is 6.03. The van der Waals surface area contributed by atoms with Crippen LogP contribution in [-0.4, -0.2) is 95.8 Å². The van der Waals surface area contributed by atoms with E-state index in [2.05, 4.69) is 10.6 Å². The van der Waals surface area contributed by atoms with Crippen LogP contribution in [0.1, 0.15) is 46.5 Å². The van der Waals surface area contributed by atoms with Crippen molar-refractivity contribution in [2.45, 2.75) is 58.4 Å². The molecule has 294 valence electrons. The first-order valence-electron chi connectivity index (χ1n) is 17.5. The van der Waals surface area contributed by atoms with Crippen molar-refractivity contribution in [3.63, 3.8) is 0 Å². The van der Waals surface area contributed by atoms with Crippen LogP contribution in [0.15, 0.2) is 65.5 Å². The molecule has 0 aliphatic carbocycles. The van der Waals surface area contributed by atoms with Gasteiger partial charge in [-0.2, -0.15) is 0 Å². The van der Waals surface area contributed by atoms with E-state index in [9.17, 15) is 33.1 Å². The average Bonchev–Trinajstić information content (AvgIpc) is 3.13. The standard InChI is InChI=1S/C38H45F2N7O8/c1-22(46(30-15-13-27(53-6)21-31(30)54-7)36(51)41-26-11-8-24(39)9-12-26)33-42-29-20-25(40)10-14-28(29)34(49)47(33)45-18-16-44(17-19-45)35(50)32(23(2)48)43-37(52)55-38(3,4)5/h8-15,20-23,32,48H,16-19H2,1-7H3,(H,41,51)(H,43,52)/t22?,23-,32-/m0/s1. The van der Waals surface area contributed by atoms with Gasteiger partial charge in [-0.1, -0.05) is 0 Å². The topological polar surface area (TPSA) is 168 Å². The summed E-state index contributed by atoms with van der Waals surface area (Å²) in [7, 11) is 2.89. The van der Waals surface area contributed by atoms with E-state index in [4.69, 9.17) is 19.2 Å². The molecule has 3 aromatic carbocycles. The number of aliphatic hydroxyl groups excluding tert-OH is 1. The second kappa shape index (κ2) is 16.6. The Morgan fingerprint density at radius 1 is 0.909 bits per heavy atom. The number of piperazine rings is 1. The fraction of sp³-hybridized carbons (Fsp3) is 0.395. The molecule has 0 bridgehead atoms. The summed E-state index contributed by atoms with van der Waals surface area (Å²) in [5, 5.41) is 17.4. The van der Waals surface area contributed by atoms with Crippen LogP contribution in [0.25, 0.3) is 10.9 Å². The highest BCUT2D eigenvalue weighted by atomic mass is 19.1. The molecule has 0 saturated carbocycles. The number of halogens is 2. The van der Waals surface area contributed by atoms with Gasteiger partial charge in [0, 0.05) is 30.9 Å². The third-order valence-electron chi connectivity index (χ3n) is 8.83. The molecule has 1 fully saturated rings. The highest BCUT2D eigenvalue weighted by Gasteiger charge is 2.36. The van der Waals surface area contributed by atoms with Crippen molar-refractivity contribution in [2.24, 2.45) is 0 Å². The number of carbonyl (C=O) groups excluding carboxylic acids is 3. The predicted molar refractivity (Wildman–Crippen MR) is 201 cm³/mol. The first kappa shape index (κ1) is 40.2. The van der Waals surface area contributed by atoms with Crippen molar-refractivity contribution < 1.29 is 42.5 Å². The third kappa shape index (κ3) is 9.23. The van der Waals surface area contributed by atoms with Gasteiger partial charge in [-0.15, -0.1) is 0 Å². The Morgan fingerprint density at radius 3 is 2.16 bits per heavy atom. The average molecular weight is 766 g/mol. The number of anilines is 2. The van der Waals surface area contributed by atoms with E-state index < -0.39 is 59.0 Å². The van der Waals surface area contributed by atoms with Gasteiger partial charge in [0.2, 0.25) is 5.91 Å². The quantitative estimate of drug-likeness (QED) is 0.209. The molecular formula is C38H45F2N7O8. The summed E-state index contributed by atoms with van der Waals surface area (Å²) in [6.07, 6.45) is -2.11. The zero-order valence-electron chi connectivity index (χ0n) is 31.6. The number of benzene rings is 3. The van der Waals surface area contributed by atoms with Gasteiger partial charge in [0.05, 0.1) is 56.0 Å². The number of fused-ring (bicyclic) bond motifs is 1. The second-order valence-corrected chi connectivity index (χ2v) is 13.9. The fourth-order valence-corrected chi connectivity index (χ4v) is 6.16. The molecule has 4 aromatic rings. The molecule has 3 atom stereocenters. The summed E-state index contributed by atoms with van der Waals surface area (Å²) < 4.78 is 45.9. The number of amides is 4. The lowest BCUT2D eigenvalue weighted by atomic mass is 10.1. The van der Waals surface area contributed by atoms with E-state index in [0.29, 0.717) is 5.75 Å². The van der Waals surface area contributed by atoms with E-state index in [1.807, 2.05) is 0 Å². The Kier molecular flexibility index (Phi) is 12.1. The van der Waals surface area contributed by atoms with E-state index >= 15 is 0 Å². The van der Waals surface area contributed by atoms with Crippen LogP contribution in [0.4, 0.5) is 29.7 Å². The molecule has 1 unspecified atom stereocenters. The number of rotatable bonds is 10. The number of aliphatic hydroxyl groups is 1. The van der Waals surface area contributed by atoms with Gasteiger partial charge in [-0.05, 0) is 83.1 Å². The SMILES string of the molecule is COc1ccc(N(C(=O)Nc2ccc(F)cc2)C(C)c2nc3cc(F)ccc3c(=O)n2N2CCN(C(=O)[C@@H](NC(=O)OC(C)(C)C)[C@H](C)O)CC2)c(OC)c1. The number of methoxy groups -OCH3 is 2. The minimum absolute atomic E-state index is 0.0449. The minimum atomic E-state index is -1.30. The lowest BCUT2D eigenvalue weighted by molar-refractivity contribution is -0.136. The van der Waals surface area contributed by atoms with Crippen molar-refractivity contribution in [1.29, 1.82) is 0 Å². The van der Waals surface area contributed by atoms with Gasteiger partial charge < -0.3 is 39.9 Å². The molecular weight excluding hydrogens is 720 g/mol. The number of urea groups is 1. The lowest BCUT2D eigenvalue weighted by Gasteiger charge is -2.40. The Balaban J connectivity index is 1.54. The molecule has 5 rings (SSSR count). The summed E-state index contributed by atoms with van der Waals surface area (Å²) in [5.74, 6) is -0.958. The molecule has 2 heterocycles. The largest absolute Gasteiger partial charge is 0.497 e. The molecule has 1 aliphatic heterocycles. The molecule has 55 heavy (non-hydrogen) atoms. The molecule has 0 spiro atoms. The number of nitrogens with zero attached hydrogens (tertiary/aromatic N) is 5. The van der Waals surface area contributed by atoms with Crippen LogP contribution in [-0.2, 0) is 9.53 Å². The molecule has 4 amide bonds. The first-order chi connectivity index (χ1) is 26.0. The van der Waals surface area contributed by atoms with Crippen molar-refractivity contribution in [1.82, 2.24) is 19.9 Å². The van der Waals surface area contributed by atoms with Gasteiger partial charge in [0.1, 0.15) is 34.8 Å². The number of hydrogen-bond donors (Lipinski definition) is 3. The molecule has 1 aromatic heterocycles. The summed E-state index contributed by atoms with van der Waals surface area (Å²) in [4.78, 5) is 62.2. The van der Waals surface area contributed by atoms with Gasteiger partial charge in [-0.25, -0.2) is 28.0 Å². The Bertz CT molecular complexity index is 2100. The monoisotopic (exact) mass is 765 g/mol. The van der Waals surface area contributed by atoms with Gasteiger partial charge in [0.25, 0.3) is 5.56 Å². The highest BCUT2D eigenvalue weighted by Crippen LogP contribution is 2.37. The van der Waals surface area contributed by atoms with Crippen LogP contribution in [0, 0.1) is 11.6 Å². The van der Waals surface area contributed by atoms with Crippen LogP contribution in [0.5, 0.6) is 11.5 Å². The maximum absolute atomic E-state index is 14.6. The molecule has 15 nitrogen and oxygen atoms in total. The summed E-state index contributed by atoms with van der Waals surface area (Å²) >= 11 is 0. The molecule has 3 N–H and O–H groups in total. The van der Waals surface area contributed by atoms with Crippen LogP contribution in [0.2, 0.25) is 0 Å². The van der Waals surface area contributed by atoms with E-state index in [1.54, 1.807) is 50.9 Å². The van der Waals surface area contributed by atoms with Gasteiger partial charge >= 0.3 is 12.1 Å². The molecule has 0 radical (unpaired) electrons. The normalized spacial score (nSPS) is 14.8. The second-order valence-electron chi connectivity index (χ2n) is 13.9. The van der Waals surface area contributed by atoms with E-state index in [-0.39, 0.29) is 60.0 Å². The molecule has 17 heteroatoms. The summed E-state index contributed by atoms with van der Waals surface area (Å²) in [6.45, 7) is 8.34. The van der Waals surface area contributed by atoms with Crippen molar-refractivity contribution in [3.8, 4) is 11.5 Å². The Morgan fingerprint density at radius 2 is 1.56 bits per heavy atom. The van der Waals surface area contributed by atoms with Crippen molar-refractivity contribution >= 4 is 40.3 Å². The van der Waals surface area contributed by atoms with E-state index in [0.717, 1.165) is 12.1 Å².